The Morgan fingerprint density at radius 3 is 2.50 bits per heavy atom. The van der Waals surface area contributed by atoms with Crippen LogP contribution in [-0.2, 0) is 20.7 Å². The number of aromatic amines is 1. The first-order chi connectivity index (χ1) is 15.1. The molecule has 0 aliphatic carbocycles. The normalized spacial score (nSPS) is 17.0. The summed E-state index contributed by atoms with van der Waals surface area (Å²) in [7, 11) is -0.730. The number of benzene rings is 1. The van der Waals surface area contributed by atoms with Gasteiger partial charge in [-0.1, -0.05) is 36.4 Å². The predicted molar refractivity (Wildman–Crippen MR) is 120 cm³/mol. The SMILES string of the molecule is CC1(C)OB(C(=Cc2c[nH]c(=O)c(C#N)c2)CNC(=O)OCc2ccccc2)OC1(C)C. The Balaban J connectivity index is 1.77. The Kier molecular flexibility index (Phi) is 6.87. The van der Waals surface area contributed by atoms with Crippen molar-refractivity contribution < 1.29 is 18.8 Å². The molecular weight excluding hydrogens is 409 g/mol. The maximum absolute atomic E-state index is 12.3. The zero-order valence-corrected chi connectivity index (χ0v) is 18.6. The van der Waals surface area contributed by atoms with E-state index in [4.69, 9.17) is 19.3 Å². The number of nitrogens with zero attached hydrogens (tertiary/aromatic N) is 1. The van der Waals surface area contributed by atoms with Crippen molar-refractivity contribution in [2.24, 2.45) is 0 Å². The highest BCUT2D eigenvalue weighted by Crippen LogP contribution is 2.38. The van der Waals surface area contributed by atoms with Gasteiger partial charge in [0, 0.05) is 12.7 Å². The summed E-state index contributed by atoms with van der Waals surface area (Å²) in [6, 6.07) is 12.7. The van der Waals surface area contributed by atoms with Crippen molar-refractivity contribution >= 4 is 19.3 Å². The Morgan fingerprint density at radius 1 is 1.22 bits per heavy atom. The fraction of sp³-hybridized carbons (Fsp3) is 0.348. The number of carbonyl (C=O) groups is 1. The lowest BCUT2D eigenvalue weighted by molar-refractivity contribution is 0.00578. The first-order valence-electron chi connectivity index (χ1n) is 10.2. The lowest BCUT2D eigenvalue weighted by atomic mass is 9.77. The minimum absolute atomic E-state index is 0.0118. The summed E-state index contributed by atoms with van der Waals surface area (Å²) >= 11 is 0. The maximum atomic E-state index is 12.3. The van der Waals surface area contributed by atoms with Gasteiger partial charge in [-0.05, 0) is 50.4 Å². The molecule has 32 heavy (non-hydrogen) atoms. The smallest absolute Gasteiger partial charge is 0.445 e. The highest BCUT2D eigenvalue weighted by molar-refractivity contribution is 6.56. The average molecular weight is 435 g/mol. The molecule has 0 atom stereocenters. The van der Waals surface area contributed by atoms with E-state index in [0.717, 1.165) is 5.56 Å². The van der Waals surface area contributed by atoms with E-state index in [9.17, 15) is 9.59 Å². The topological polar surface area (TPSA) is 113 Å². The zero-order valence-electron chi connectivity index (χ0n) is 18.6. The second-order valence-corrected chi connectivity index (χ2v) is 8.51. The summed E-state index contributed by atoms with van der Waals surface area (Å²) < 4.78 is 17.5. The number of amides is 1. The highest BCUT2D eigenvalue weighted by atomic mass is 16.7. The molecule has 3 rings (SSSR count). The van der Waals surface area contributed by atoms with Crippen molar-refractivity contribution in [2.75, 3.05) is 6.54 Å². The Hall–Kier alpha value is -3.35. The van der Waals surface area contributed by atoms with Gasteiger partial charge in [-0.15, -0.1) is 0 Å². The summed E-state index contributed by atoms with van der Waals surface area (Å²) in [5, 5.41) is 11.9. The molecule has 9 heteroatoms. The van der Waals surface area contributed by atoms with Gasteiger partial charge in [0.15, 0.2) is 0 Å². The number of nitriles is 1. The molecule has 0 bridgehead atoms. The quantitative estimate of drug-likeness (QED) is 0.674. The van der Waals surface area contributed by atoms with Crippen LogP contribution >= 0.6 is 0 Å². The lowest BCUT2D eigenvalue weighted by Crippen LogP contribution is -2.41. The van der Waals surface area contributed by atoms with Crippen LogP contribution < -0.4 is 10.9 Å². The number of carbonyl (C=O) groups excluding carboxylic acids is 1. The van der Waals surface area contributed by atoms with Crippen LogP contribution in [0.3, 0.4) is 0 Å². The fourth-order valence-electron chi connectivity index (χ4n) is 3.03. The van der Waals surface area contributed by atoms with E-state index in [1.54, 1.807) is 6.08 Å². The van der Waals surface area contributed by atoms with Crippen LogP contribution in [0.4, 0.5) is 4.79 Å². The molecule has 2 N–H and O–H groups in total. The van der Waals surface area contributed by atoms with Gasteiger partial charge in [-0.2, -0.15) is 5.26 Å². The van der Waals surface area contributed by atoms with Crippen LogP contribution in [0.2, 0.25) is 0 Å². The molecule has 2 aromatic rings. The Morgan fingerprint density at radius 2 is 1.88 bits per heavy atom. The summed E-state index contributed by atoms with van der Waals surface area (Å²) in [5.74, 6) is 0. The first-order valence-corrected chi connectivity index (χ1v) is 10.2. The third kappa shape index (κ3) is 5.47. The van der Waals surface area contributed by atoms with E-state index >= 15 is 0 Å². The number of hydrogen-bond acceptors (Lipinski definition) is 6. The molecule has 1 aliphatic rings. The number of rotatable bonds is 6. The molecule has 1 aromatic heterocycles. The minimum atomic E-state index is -0.730. The second-order valence-electron chi connectivity index (χ2n) is 8.51. The Bertz CT molecular complexity index is 1090. The van der Waals surface area contributed by atoms with Crippen LogP contribution in [0.15, 0.2) is 52.9 Å². The van der Waals surface area contributed by atoms with Gasteiger partial charge >= 0.3 is 13.2 Å². The third-order valence-corrected chi connectivity index (χ3v) is 5.60. The molecular formula is C23H26BN3O5. The molecule has 2 heterocycles. The first kappa shape index (κ1) is 23.3. The van der Waals surface area contributed by atoms with Crippen LogP contribution in [0, 0.1) is 11.3 Å². The van der Waals surface area contributed by atoms with Crippen molar-refractivity contribution in [1.29, 1.82) is 5.26 Å². The number of hydrogen-bond donors (Lipinski definition) is 2. The monoisotopic (exact) mass is 435 g/mol. The Labute approximate surface area is 187 Å². The lowest BCUT2D eigenvalue weighted by Gasteiger charge is -2.32. The fourth-order valence-corrected chi connectivity index (χ4v) is 3.03. The van der Waals surface area contributed by atoms with Gasteiger partial charge in [0.25, 0.3) is 5.56 Å². The zero-order chi connectivity index (χ0) is 23.4. The van der Waals surface area contributed by atoms with Gasteiger partial charge in [0.1, 0.15) is 18.2 Å². The highest BCUT2D eigenvalue weighted by Gasteiger charge is 2.52. The number of H-pyrrole nitrogens is 1. The predicted octanol–water partition coefficient (Wildman–Crippen LogP) is 3.19. The van der Waals surface area contributed by atoms with Gasteiger partial charge in [0.05, 0.1) is 11.2 Å². The molecule has 1 aliphatic heterocycles. The van der Waals surface area contributed by atoms with Crippen LogP contribution in [0.5, 0.6) is 0 Å². The molecule has 166 valence electrons. The molecule has 1 aromatic carbocycles. The van der Waals surface area contributed by atoms with Crippen LogP contribution in [-0.4, -0.2) is 35.9 Å². The van der Waals surface area contributed by atoms with Crippen LogP contribution in [0.25, 0.3) is 6.08 Å². The third-order valence-electron chi connectivity index (χ3n) is 5.60. The summed E-state index contributed by atoms with van der Waals surface area (Å²) in [6.45, 7) is 7.96. The van der Waals surface area contributed by atoms with E-state index in [2.05, 4.69) is 10.3 Å². The minimum Gasteiger partial charge on any atom is -0.445 e. The van der Waals surface area contributed by atoms with E-state index in [-0.39, 0.29) is 18.7 Å². The van der Waals surface area contributed by atoms with E-state index < -0.39 is 30.0 Å². The molecule has 8 nitrogen and oxygen atoms in total. The molecule has 1 saturated heterocycles. The largest absolute Gasteiger partial charge is 0.492 e. The van der Waals surface area contributed by atoms with E-state index in [0.29, 0.717) is 11.0 Å². The molecule has 1 fully saturated rings. The van der Waals surface area contributed by atoms with Gasteiger partial charge in [0.2, 0.25) is 0 Å². The van der Waals surface area contributed by atoms with Gasteiger partial charge in [-0.25, -0.2) is 4.79 Å². The number of aromatic nitrogens is 1. The number of alkyl carbamates (subject to hydrolysis) is 1. The summed E-state index contributed by atoms with van der Waals surface area (Å²) in [4.78, 5) is 26.5. The van der Waals surface area contributed by atoms with Crippen molar-refractivity contribution in [3.63, 3.8) is 0 Å². The second kappa shape index (κ2) is 9.43. The summed E-state index contributed by atoms with van der Waals surface area (Å²) in [6.07, 6.45) is 2.62. The van der Waals surface area contributed by atoms with Crippen molar-refractivity contribution in [3.8, 4) is 6.07 Å². The molecule has 0 unspecified atom stereocenters. The standard InChI is InChI=1S/C23H26BN3O5/c1-22(2)23(3,4)32-24(31-22)19(11-17-10-18(12-25)20(28)26-13-17)14-27-21(29)30-15-16-8-6-5-7-9-16/h5-11,13H,14-15H2,1-4H3,(H,26,28)(H,27,29). The van der Waals surface area contributed by atoms with Crippen molar-refractivity contribution in [2.45, 2.75) is 45.5 Å². The van der Waals surface area contributed by atoms with Gasteiger partial charge in [-0.3, -0.25) is 4.79 Å². The molecule has 0 radical (unpaired) electrons. The number of pyridine rings is 1. The molecule has 0 saturated carbocycles. The van der Waals surface area contributed by atoms with E-state index in [1.165, 1.54) is 12.3 Å². The number of ether oxygens (including phenoxy) is 1. The number of nitrogens with one attached hydrogen (secondary N) is 2. The van der Waals surface area contributed by atoms with Gasteiger partial charge < -0.3 is 24.3 Å². The summed E-state index contributed by atoms with van der Waals surface area (Å²) in [5.41, 5.74) is 0.427. The van der Waals surface area contributed by atoms with Crippen molar-refractivity contribution in [1.82, 2.24) is 10.3 Å². The van der Waals surface area contributed by atoms with Crippen LogP contribution in [0.1, 0.15) is 44.4 Å². The average Bonchev–Trinajstić information content (AvgIpc) is 2.98. The van der Waals surface area contributed by atoms with Crippen molar-refractivity contribution in [3.05, 3.63) is 75.1 Å². The molecule has 0 spiro atoms. The maximum Gasteiger partial charge on any atom is 0.492 e. The molecule has 1 amide bonds. The van der Waals surface area contributed by atoms with E-state index in [1.807, 2.05) is 64.1 Å².